The summed E-state index contributed by atoms with van der Waals surface area (Å²) in [5.74, 6) is -0.375. The van der Waals surface area contributed by atoms with Crippen LogP contribution in [0.3, 0.4) is 0 Å². The highest BCUT2D eigenvalue weighted by atomic mass is 16.4. The van der Waals surface area contributed by atoms with Gasteiger partial charge in [0.25, 0.3) is 0 Å². The van der Waals surface area contributed by atoms with Crippen molar-refractivity contribution in [2.24, 2.45) is 0 Å². The molecule has 0 aromatic heterocycles. The van der Waals surface area contributed by atoms with Crippen molar-refractivity contribution in [1.29, 1.82) is 0 Å². The molecule has 0 unspecified atom stereocenters. The molecule has 2 rings (SSSR count). The highest BCUT2D eigenvalue weighted by Gasteiger charge is 2.21. The molecule has 2 amide bonds. The molecule has 5 heteroatoms. The second kappa shape index (κ2) is 7.26. The number of nitrogens with one attached hydrogen (secondary N) is 2. The number of carbonyl (C=O) groups excluding carboxylic acids is 1. The Morgan fingerprint density at radius 3 is 1.73 bits per heavy atom. The van der Waals surface area contributed by atoms with E-state index in [9.17, 15) is 9.59 Å². The van der Waals surface area contributed by atoms with Crippen LogP contribution in [0.4, 0.5) is 4.79 Å². The van der Waals surface area contributed by atoms with Crippen LogP contribution in [0.5, 0.6) is 0 Å². The summed E-state index contributed by atoms with van der Waals surface area (Å²) in [4.78, 5) is 22.8. The number of benzene rings is 2. The van der Waals surface area contributed by atoms with Crippen LogP contribution >= 0.6 is 0 Å². The van der Waals surface area contributed by atoms with Crippen LogP contribution in [0, 0.1) is 0 Å². The van der Waals surface area contributed by atoms with E-state index >= 15 is 0 Å². The summed E-state index contributed by atoms with van der Waals surface area (Å²) in [7, 11) is 0. The molecular formula is C17H18N2O3. The predicted octanol–water partition coefficient (Wildman–Crippen LogP) is 2.55. The monoisotopic (exact) mass is 298 g/mol. The van der Waals surface area contributed by atoms with E-state index in [2.05, 4.69) is 10.6 Å². The molecule has 0 aliphatic carbocycles. The maximum Gasteiger partial charge on any atom is 0.405 e. The van der Waals surface area contributed by atoms with Crippen LogP contribution < -0.4 is 10.6 Å². The summed E-state index contributed by atoms with van der Waals surface area (Å²) < 4.78 is 0. The van der Waals surface area contributed by atoms with Crippen molar-refractivity contribution in [3.63, 3.8) is 0 Å². The average Bonchev–Trinajstić information content (AvgIpc) is 2.53. The van der Waals surface area contributed by atoms with Gasteiger partial charge in [0.15, 0.2) is 0 Å². The Kier molecular flexibility index (Phi) is 5.14. The predicted molar refractivity (Wildman–Crippen MR) is 83.5 cm³/mol. The molecule has 0 fully saturated rings. The fourth-order valence-electron chi connectivity index (χ4n) is 2.17. The van der Waals surface area contributed by atoms with Gasteiger partial charge in [-0.15, -0.1) is 0 Å². The minimum atomic E-state index is -1.22. The van der Waals surface area contributed by atoms with Gasteiger partial charge in [-0.2, -0.15) is 0 Å². The second-order valence-corrected chi connectivity index (χ2v) is 4.93. The Balaban J connectivity index is 2.23. The van der Waals surface area contributed by atoms with Crippen LogP contribution in [-0.4, -0.2) is 23.1 Å². The quantitative estimate of drug-likeness (QED) is 0.793. The van der Waals surface area contributed by atoms with Gasteiger partial charge in [-0.25, -0.2) is 4.79 Å². The lowest BCUT2D eigenvalue weighted by molar-refractivity contribution is -0.123. The number of hydrogen-bond acceptors (Lipinski definition) is 2. The molecule has 0 radical (unpaired) electrons. The lowest BCUT2D eigenvalue weighted by Crippen LogP contribution is -2.45. The lowest BCUT2D eigenvalue weighted by atomic mass is 9.98. The molecule has 1 atom stereocenters. The highest BCUT2D eigenvalue weighted by molar-refractivity contribution is 5.85. The van der Waals surface area contributed by atoms with Gasteiger partial charge in [0.05, 0.1) is 6.04 Å². The molecule has 0 heterocycles. The molecule has 0 bridgehead atoms. The van der Waals surface area contributed by atoms with Crippen molar-refractivity contribution >= 4 is 12.0 Å². The first-order valence-corrected chi connectivity index (χ1v) is 6.97. The summed E-state index contributed by atoms with van der Waals surface area (Å²) in [5.41, 5.74) is 1.87. The minimum absolute atomic E-state index is 0.326. The Morgan fingerprint density at radius 1 is 0.864 bits per heavy atom. The van der Waals surface area contributed by atoms with Gasteiger partial charge in [-0.1, -0.05) is 60.7 Å². The fourth-order valence-corrected chi connectivity index (χ4v) is 2.17. The van der Waals surface area contributed by atoms with Crippen molar-refractivity contribution < 1.29 is 14.7 Å². The molecule has 114 valence electrons. The second-order valence-electron chi connectivity index (χ2n) is 4.93. The van der Waals surface area contributed by atoms with E-state index in [0.717, 1.165) is 11.1 Å². The van der Waals surface area contributed by atoms with E-state index in [-0.39, 0.29) is 11.9 Å². The third kappa shape index (κ3) is 4.09. The molecule has 0 aliphatic heterocycles. The summed E-state index contributed by atoms with van der Waals surface area (Å²) in [6.45, 7) is 1.51. The van der Waals surface area contributed by atoms with Crippen LogP contribution in [0.15, 0.2) is 60.7 Å². The highest BCUT2D eigenvalue weighted by Crippen LogP contribution is 2.21. The number of rotatable bonds is 5. The minimum Gasteiger partial charge on any atom is -0.465 e. The summed E-state index contributed by atoms with van der Waals surface area (Å²) in [6, 6.07) is 17.9. The number of carboxylic acid groups (broad SMARTS) is 1. The molecule has 0 saturated heterocycles. The standard InChI is InChI=1S/C17H18N2O3/c1-12(18-17(21)22)16(20)19-15(13-8-4-2-5-9-13)14-10-6-3-7-11-14/h2-12,15,18H,1H3,(H,19,20)(H,21,22)/t12-/m0/s1. The van der Waals surface area contributed by atoms with Crippen molar-refractivity contribution in [3.05, 3.63) is 71.8 Å². The maximum atomic E-state index is 12.2. The van der Waals surface area contributed by atoms with E-state index in [4.69, 9.17) is 5.11 Å². The average molecular weight is 298 g/mol. The largest absolute Gasteiger partial charge is 0.465 e. The van der Waals surface area contributed by atoms with Crippen molar-refractivity contribution in [2.45, 2.75) is 19.0 Å². The fraction of sp³-hybridized carbons (Fsp3) is 0.176. The third-order valence-electron chi connectivity index (χ3n) is 3.29. The number of amides is 2. The van der Waals surface area contributed by atoms with Crippen molar-refractivity contribution in [1.82, 2.24) is 10.6 Å². The van der Waals surface area contributed by atoms with Crippen LogP contribution in [0.25, 0.3) is 0 Å². The van der Waals surface area contributed by atoms with E-state index in [1.54, 1.807) is 0 Å². The maximum absolute atomic E-state index is 12.2. The van der Waals surface area contributed by atoms with E-state index in [1.807, 2.05) is 60.7 Å². The van der Waals surface area contributed by atoms with Crippen molar-refractivity contribution in [2.75, 3.05) is 0 Å². The van der Waals surface area contributed by atoms with Gasteiger partial charge in [0.1, 0.15) is 6.04 Å². The molecule has 2 aromatic carbocycles. The molecule has 2 aromatic rings. The van der Waals surface area contributed by atoms with Crippen LogP contribution in [0.2, 0.25) is 0 Å². The Bertz CT molecular complexity index is 589. The SMILES string of the molecule is C[C@H](NC(=O)O)C(=O)NC(c1ccccc1)c1ccccc1. The summed E-state index contributed by atoms with van der Waals surface area (Å²) in [5, 5.41) is 13.8. The van der Waals surface area contributed by atoms with Crippen LogP contribution in [-0.2, 0) is 4.79 Å². The smallest absolute Gasteiger partial charge is 0.405 e. The molecule has 0 aliphatic rings. The Labute approximate surface area is 129 Å². The van der Waals surface area contributed by atoms with Crippen molar-refractivity contribution in [3.8, 4) is 0 Å². The first kappa shape index (κ1) is 15.6. The molecule has 5 nitrogen and oxygen atoms in total. The molecule has 3 N–H and O–H groups in total. The summed E-state index contributed by atoms with van der Waals surface area (Å²) in [6.07, 6.45) is -1.22. The normalized spacial score (nSPS) is 11.7. The Morgan fingerprint density at radius 2 is 1.32 bits per heavy atom. The first-order chi connectivity index (χ1) is 10.6. The van der Waals surface area contributed by atoms with Gasteiger partial charge in [-0.3, -0.25) is 4.79 Å². The van der Waals surface area contributed by atoms with E-state index < -0.39 is 12.1 Å². The third-order valence-corrected chi connectivity index (χ3v) is 3.29. The van der Waals surface area contributed by atoms with E-state index in [1.165, 1.54) is 6.92 Å². The first-order valence-electron chi connectivity index (χ1n) is 6.97. The molecular weight excluding hydrogens is 280 g/mol. The van der Waals surface area contributed by atoms with Gasteiger partial charge in [0.2, 0.25) is 5.91 Å². The zero-order valence-electron chi connectivity index (χ0n) is 12.2. The number of hydrogen-bond donors (Lipinski definition) is 3. The van der Waals surface area contributed by atoms with Gasteiger partial charge < -0.3 is 15.7 Å². The van der Waals surface area contributed by atoms with Gasteiger partial charge in [0, 0.05) is 0 Å². The molecule has 0 spiro atoms. The van der Waals surface area contributed by atoms with E-state index in [0.29, 0.717) is 0 Å². The lowest BCUT2D eigenvalue weighted by Gasteiger charge is -2.22. The molecule has 22 heavy (non-hydrogen) atoms. The Hall–Kier alpha value is -2.82. The zero-order chi connectivity index (χ0) is 15.9. The summed E-state index contributed by atoms with van der Waals surface area (Å²) >= 11 is 0. The van der Waals surface area contributed by atoms with Crippen LogP contribution in [0.1, 0.15) is 24.1 Å². The topological polar surface area (TPSA) is 78.4 Å². The van der Waals surface area contributed by atoms with Gasteiger partial charge in [-0.05, 0) is 18.1 Å². The number of carbonyl (C=O) groups is 2. The van der Waals surface area contributed by atoms with Gasteiger partial charge >= 0.3 is 6.09 Å². The molecule has 0 saturated carbocycles. The zero-order valence-corrected chi connectivity index (χ0v) is 12.2.